The van der Waals surface area contributed by atoms with E-state index in [-0.39, 0.29) is 11.8 Å². The Morgan fingerprint density at radius 1 is 1.07 bits per heavy atom. The van der Waals surface area contributed by atoms with Crippen molar-refractivity contribution in [3.8, 4) is 0 Å². The largest absolute Gasteiger partial charge is 0.327 e. The highest BCUT2D eigenvalue weighted by atomic mass is 35.5. The summed E-state index contributed by atoms with van der Waals surface area (Å²) in [6.07, 6.45) is 3.40. The average molecular weight is 415 g/mol. The molecule has 5 nitrogen and oxygen atoms in total. The zero-order valence-corrected chi connectivity index (χ0v) is 17.7. The number of aryl methyl sites for hydroxylation is 1. The van der Waals surface area contributed by atoms with Crippen molar-refractivity contribution in [2.24, 2.45) is 0 Å². The number of para-hydroxylation sites is 1. The zero-order valence-electron chi connectivity index (χ0n) is 16.9. The van der Waals surface area contributed by atoms with Gasteiger partial charge in [0.25, 0.3) is 11.8 Å². The van der Waals surface area contributed by atoms with Gasteiger partial charge in [0.15, 0.2) is 6.54 Å². The average Bonchev–Trinajstić information content (AvgIpc) is 2.74. The third-order valence-corrected chi connectivity index (χ3v) is 5.67. The van der Waals surface area contributed by atoms with E-state index < -0.39 is 0 Å². The summed E-state index contributed by atoms with van der Waals surface area (Å²) in [6.45, 7) is 5.39. The molecule has 6 heteroatoms. The van der Waals surface area contributed by atoms with E-state index in [2.05, 4.69) is 24.4 Å². The van der Waals surface area contributed by atoms with Crippen LogP contribution in [-0.4, -0.2) is 49.4 Å². The third kappa shape index (κ3) is 6.05. The Kier molecular flexibility index (Phi) is 7.67. The van der Waals surface area contributed by atoms with Crippen LogP contribution in [0.5, 0.6) is 0 Å². The summed E-state index contributed by atoms with van der Waals surface area (Å²) in [5.74, 6) is 0.0159. The summed E-state index contributed by atoms with van der Waals surface area (Å²) in [5, 5.41) is 3.40. The van der Waals surface area contributed by atoms with Crippen LogP contribution in [0.15, 0.2) is 48.5 Å². The first-order chi connectivity index (χ1) is 14.1. The first kappa shape index (κ1) is 21.3. The van der Waals surface area contributed by atoms with Gasteiger partial charge in [0.1, 0.15) is 0 Å². The Labute approximate surface area is 177 Å². The van der Waals surface area contributed by atoms with E-state index in [0.717, 1.165) is 25.1 Å². The van der Waals surface area contributed by atoms with Gasteiger partial charge >= 0.3 is 0 Å². The molecule has 0 unspecified atom stereocenters. The van der Waals surface area contributed by atoms with Gasteiger partial charge in [0, 0.05) is 5.56 Å². The van der Waals surface area contributed by atoms with Gasteiger partial charge < -0.3 is 15.1 Å². The van der Waals surface area contributed by atoms with Crippen molar-refractivity contribution in [2.75, 3.05) is 38.0 Å². The van der Waals surface area contributed by atoms with Crippen molar-refractivity contribution in [3.05, 3.63) is 64.7 Å². The number of hydrogen-bond acceptors (Lipinski definition) is 2. The van der Waals surface area contributed by atoms with Crippen LogP contribution in [0.25, 0.3) is 0 Å². The Hall–Kier alpha value is -2.37. The van der Waals surface area contributed by atoms with E-state index in [1.807, 2.05) is 29.2 Å². The topological polar surface area (TPSA) is 53.9 Å². The molecule has 1 fully saturated rings. The molecule has 0 radical (unpaired) electrons. The maximum atomic E-state index is 12.8. The van der Waals surface area contributed by atoms with Crippen LogP contribution >= 0.6 is 11.6 Å². The lowest BCUT2D eigenvalue weighted by Gasteiger charge is -2.32. The highest BCUT2D eigenvalue weighted by Crippen LogP contribution is 2.20. The number of hydrogen-bond donors (Lipinski definition) is 2. The molecule has 1 aliphatic heterocycles. The molecule has 1 heterocycles. The fourth-order valence-corrected chi connectivity index (χ4v) is 3.75. The number of carbonyl (C=O) groups excluding carboxylic acids is 2. The summed E-state index contributed by atoms with van der Waals surface area (Å²) in [5.41, 5.74) is 2.65. The minimum Gasteiger partial charge on any atom is -0.327 e. The second-order valence-corrected chi connectivity index (χ2v) is 7.95. The molecular weight excluding hydrogens is 386 g/mol. The molecule has 29 heavy (non-hydrogen) atoms. The number of anilines is 1. The number of nitrogens with one attached hydrogen (secondary N) is 2. The van der Waals surface area contributed by atoms with Gasteiger partial charge in [-0.25, -0.2) is 0 Å². The molecule has 2 aromatic rings. The molecule has 3 rings (SSSR count). The third-order valence-electron chi connectivity index (χ3n) is 5.34. The highest BCUT2D eigenvalue weighted by molar-refractivity contribution is 6.33. The van der Waals surface area contributed by atoms with E-state index in [1.54, 1.807) is 12.1 Å². The Morgan fingerprint density at radius 2 is 1.76 bits per heavy atom. The van der Waals surface area contributed by atoms with Crippen LogP contribution in [0.3, 0.4) is 0 Å². The number of amides is 2. The SMILES string of the molecule is CCCCc1ccc(C(=O)N2CC[NH+](CC(=O)Nc3ccccc3Cl)CC2)cc1. The number of quaternary nitrogens is 1. The summed E-state index contributed by atoms with van der Waals surface area (Å²) in [4.78, 5) is 28.1. The Morgan fingerprint density at radius 3 is 2.41 bits per heavy atom. The number of benzene rings is 2. The smallest absolute Gasteiger partial charge is 0.279 e. The number of nitrogens with zero attached hydrogens (tertiary/aromatic N) is 1. The molecule has 0 saturated carbocycles. The molecule has 2 amide bonds. The van der Waals surface area contributed by atoms with Crippen molar-refractivity contribution < 1.29 is 14.5 Å². The van der Waals surface area contributed by atoms with Crippen LogP contribution < -0.4 is 10.2 Å². The predicted molar refractivity (Wildman–Crippen MR) is 117 cm³/mol. The van der Waals surface area contributed by atoms with Crippen molar-refractivity contribution in [2.45, 2.75) is 26.2 Å². The maximum absolute atomic E-state index is 12.8. The minimum atomic E-state index is -0.0597. The molecular formula is C23H29ClN3O2+. The molecule has 0 aliphatic carbocycles. The van der Waals surface area contributed by atoms with Crippen molar-refractivity contribution in [1.82, 2.24) is 4.90 Å². The standard InChI is InChI=1S/C23H28ClN3O2/c1-2-3-6-18-9-11-19(12-10-18)23(29)27-15-13-26(14-16-27)17-22(28)25-21-8-5-4-7-20(21)24/h4-5,7-12H,2-3,6,13-17H2,1H3,(H,25,28)/p+1. The number of rotatable bonds is 7. The van der Waals surface area contributed by atoms with Crippen molar-refractivity contribution in [3.63, 3.8) is 0 Å². The van der Waals surface area contributed by atoms with Crippen molar-refractivity contribution >= 4 is 29.1 Å². The maximum Gasteiger partial charge on any atom is 0.279 e. The van der Waals surface area contributed by atoms with Crippen LogP contribution in [0.2, 0.25) is 5.02 Å². The molecule has 0 aromatic heterocycles. The molecule has 0 bridgehead atoms. The fourth-order valence-electron chi connectivity index (χ4n) is 3.56. The molecule has 1 saturated heterocycles. The number of carbonyl (C=O) groups is 2. The van der Waals surface area contributed by atoms with Gasteiger partial charge in [-0.3, -0.25) is 9.59 Å². The lowest BCUT2D eigenvalue weighted by Crippen LogP contribution is -3.15. The predicted octanol–water partition coefficient (Wildman–Crippen LogP) is 2.66. The van der Waals surface area contributed by atoms with Gasteiger partial charge in [-0.2, -0.15) is 0 Å². The lowest BCUT2D eigenvalue weighted by molar-refractivity contribution is -0.895. The molecule has 154 valence electrons. The molecule has 0 spiro atoms. The Bertz CT molecular complexity index is 830. The van der Waals surface area contributed by atoms with Gasteiger partial charge in [-0.15, -0.1) is 0 Å². The summed E-state index contributed by atoms with van der Waals surface area (Å²) in [6, 6.07) is 15.2. The van der Waals surface area contributed by atoms with Crippen LogP contribution in [0, 0.1) is 0 Å². The van der Waals surface area contributed by atoms with E-state index in [1.165, 1.54) is 23.3 Å². The second-order valence-electron chi connectivity index (χ2n) is 7.55. The molecule has 2 N–H and O–H groups in total. The second kappa shape index (κ2) is 10.4. The van der Waals surface area contributed by atoms with Crippen LogP contribution in [0.1, 0.15) is 35.7 Å². The first-order valence-corrected chi connectivity index (χ1v) is 10.7. The van der Waals surface area contributed by atoms with E-state index in [4.69, 9.17) is 11.6 Å². The number of piperazine rings is 1. The fraction of sp³-hybridized carbons (Fsp3) is 0.391. The van der Waals surface area contributed by atoms with Gasteiger partial charge in [-0.1, -0.05) is 49.2 Å². The molecule has 2 aromatic carbocycles. The van der Waals surface area contributed by atoms with Gasteiger partial charge in [0.2, 0.25) is 0 Å². The quantitative estimate of drug-likeness (QED) is 0.731. The Balaban J connectivity index is 1.46. The highest BCUT2D eigenvalue weighted by Gasteiger charge is 2.26. The van der Waals surface area contributed by atoms with E-state index in [0.29, 0.717) is 30.3 Å². The summed E-state index contributed by atoms with van der Waals surface area (Å²) in [7, 11) is 0. The number of halogens is 1. The summed E-state index contributed by atoms with van der Waals surface area (Å²) < 4.78 is 0. The van der Waals surface area contributed by atoms with Gasteiger partial charge in [0.05, 0.1) is 36.9 Å². The molecule has 1 aliphatic rings. The normalized spacial score (nSPS) is 14.6. The minimum absolute atomic E-state index is 0.0597. The summed E-state index contributed by atoms with van der Waals surface area (Å²) >= 11 is 6.09. The first-order valence-electron chi connectivity index (χ1n) is 10.3. The molecule has 0 atom stereocenters. The van der Waals surface area contributed by atoms with E-state index in [9.17, 15) is 9.59 Å². The lowest BCUT2D eigenvalue weighted by atomic mass is 10.1. The van der Waals surface area contributed by atoms with Crippen molar-refractivity contribution in [1.29, 1.82) is 0 Å². The van der Waals surface area contributed by atoms with Crippen LogP contribution in [0.4, 0.5) is 5.69 Å². The zero-order chi connectivity index (χ0) is 20.6. The van der Waals surface area contributed by atoms with Gasteiger partial charge in [-0.05, 0) is 42.7 Å². The number of unbranched alkanes of at least 4 members (excludes halogenated alkanes) is 1. The van der Waals surface area contributed by atoms with Crippen LogP contribution in [-0.2, 0) is 11.2 Å². The monoisotopic (exact) mass is 414 g/mol. The van der Waals surface area contributed by atoms with E-state index >= 15 is 0 Å².